The molecule has 0 aromatic rings. The molecule has 2 N–H and O–H groups in total. The summed E-state index contributed by atoms with van der Waals surface area (Å²) in [5, 5.41) is 1.15. The van der Waals surface area contributed by atoms with Crippen molar-refractivity contribution in [3.8, 4) is 0 Å². The van der Waals surface area contributed by atoms with Gasteiger partial charge in [0.15, 0.2) is 0 Å². The van der Waals surface area contributed by atoms with Crippen LogP contribution in [0.4, 0.5) is 4.79 Å². The Balaban J connectivity index is 2.53. The fourth-order valence-corrected chi connectivity index (χ4v) is 0.748. The first kappa shape index (κ1) is 7.08. The molecular weight excluding hydrogens is 132 g/mol. The molecule has 0 atom stereocenters. The zero-order valence-corrected chi connectivity index (χ0v) is 5.83. The van der Waals surface area contributed by atoms with Gasteiger partial charge < -0.3 is 5.73 Å². The fourth-order valence-electron chi connectivity index (χ4n) is 0.748. The van der Waals surface area contributed by atoms with Crippen molar-refractivity contribution in [1.82, 2.24) is 5.06 Å². The third-order valence-electron chi connectivity index (χ3n) is 1.30. The van der Waals surface area contributed by atoms with E-state index in [1.165, 1.54) is 0 Å². The maximum atomic E-state index is 10.5. The van der Waals surface area contributed by atoms with Crippen molar-refractivity contribution < 1.29 is 9.63 Å². The van der Waals surface area contributed by atoms with Gasteiger partial charge in [0.25, 0.3) is 0 Å². The van der Waals surface area contributed by atoms with Crippen molar-refractivity contribution in [3.63, 3.8) is 0 Å². The average molecular weight is 142 g/mol. The molecule has 0 radical (unpaired) electrons. The highest BCUT2D eigenvalue weighted by atomic mass is 16.7. The van der Waals surface area contributed by atoms with E-state index >= 15 is 0 Å². The van der Waals surface area contributed by atoms with Crippen molar-refractivity contribution in [2.75, 3.05) is 13.2 Å². The number of nitrogens with two attached hydrogens (primary N) is 1. The molecule has 4 nitrogen and oxygen atoms in total. The number of hydrogen-bond acceptors (Lipinski definition) is 2. The number of carbonyl (C=O) groups is 1. The quantitative estimate of drug-likeness (QED) is 0.493. The monoisotopic (exact) mass is 142 g/mol. The molecule has 0 unspecified atom stereocenters. The van der Waals surface area contributed by atoms with E-state index in [9.17, 15) is 4.79 Å². The van der Waals surface area contributed by atoms with Gasteiger partial charge >= 0.3 is 6.03 Å². The number of hydroxylamine groups is 2. The van der Waals surface area contributed by atoms with Crippen molar-refractivity contribution in [1.29, 1.82) is 0 Å². The van der Waals surface area contributed by atoms with Gasteiger partial charge in [0.05, 0.1) is 13.2 Å². The van der Waals surface area contributed by atoms with E-state index in [4.69, 9.17) is 10.6 Å². The van der Waals surface area contributed by atoms with Crippen molar-refractivity contribution in [3.05, 3.63) is 11.6 Å². The molecular formula is C6H10N2O2. The van der Waals surface area contributed by atoms with Gasteiger partial charge in [0.2, 0.25) is 0 Å². The van der Waals surface area contributed by atoms with Crippen LogP contribution < -0.4 is 5.73 Å². The predicted molar refractivity (Wildman–Crippen MR) is 36.0 cm³/mol. The Morgan fingerprint density at radius 2 is 2.60 bits per heavy atom. The van der Waals surface area contributed by atoms with Crippen LogP contribution in [-0.2, 0) is 4.84 Å². The van der Waals surface area contributed by atoms with Gasteiger partial charge in [-0.3, -0.25) is 4.84 Å². The molecule has 0 bridgehead atoms. The fraction of sp³-hybridized carbons (Fsp3) is 0.500. The smallest absolute Gasteiger partial charge is 0.339 e. The van der Waals surface area contributed by atoms with E-state index in [2.05, 4.69) is 0 Å². The maximum Gasteiger partial charge on any atom is 0.339 e. The summed E-state index contributed by atoms with van der Waals surface area (Å²) in [4.78, 5) is 15.4. The van der Waals surface area contributed by atoms with Crippen LogP contribution in [-0.4, -0.2) is 24.2 Å². The van der Waals surface area contributed by atoms with Gasteiger partial charge in [0.1, 0.15) is 0 Å². The normalized spacial score (nSPS) is 18.5. The molecule has 1 aliphatic heterocycles. The molecule has 0 aliphatic carbocycles. The predicted octanol–water partition coefficient (Wildman–Crippen LogP) is 0.259. The van der Waals surface area contributed by atoms with Crippen molar-refractivity contribution in [2.45, 2.75) is 6.92 Å². The summed E-state index contributed by atoms with van der Waals surface area (Å²) in [6.07, 6.45) is 1.92. The van der Waals surface area contributed by atoms with Gasteiger partial charge in [-0.15, -0.1) is 0 Å². The molecule has 0 aromatic heterocycles. The Labute approximate surface area is 59.2 Å². The Bertz CT molecular complexity index is 177. The van der Waals surface area contributed by atoms with Crippen LogP contribution in [0.3, 0.4) is 0 Å². The molecule has 4 heteroatoms. The summed E-state index contributed by atoms with van der Waals surface area (Å²) in [5.74, 6) is 0. The number of primary amides is 1. The third kappa shape index (κ3) is 1.48. The lowest BCUT2D eigenvalue weighted by Crippen LogP contribution is -2.38. The molecule has 1 rings (SSSR count). The van der Waals surface area contributed by atoms with Crippen LogP contribution in [0.2, 0.25) is 0 Å². The van der Waals surface area contributed by atoms with Gasteiger partial charge in [-0.05, 0) is 6.92 Å². The summed E-state index contributed by atoms with van der Waals surface area (Å²) in [7, 11) is 0. The molecule has 0 fully saturated rings. The average Bonchev–Trinajstić information content (AvgIpc) is 1.88. The molecule has 0 aromatic carbocycles. The van der Waals surface area contributed by atoms with Crippen LogP contribution in [0.15, 0.2) is 11.6 Å². The molecule has 0 saturated carbocycles. The standard InChI is InChI=1S/C6H10N2O2/c1-5-2-3-10-8(4-5)6(7)9/h2H,3-4H2,1H3,(H2,7,9). The molecule has 56 valence electrons. The van der Waals surface area contributed by atoms with Gasteiger partial charge in [-0.2, -0.15) is 5.06 Å². The second-order valence-corrected chi connectivity index (χ2v) is 2.22. The molecule has 0 spiro atoms. The zero-order chi connectivity index (χ0) is 7.56. The first-order valence-corrected chi connectivity index (χ1v) is 3.05. The highest BCUT2D eigenvalue weighted by Gasteiger charge is 2.13. The van der Waals surface area contributed by atoms with E-state index in [0.29, 0.717) is 13.2 Å². The summed E-state index contributed by atoms with van der Waals surface area (Å²) in [6, 6.07) is -0.535. The largest absolute Gasteiger partial charge is 0.350 e. The van der Waals surface area contributed by atoms with Crippen LogP contribution in [0.1, 0.15) is 6.92 Å². The number of rotatable bonds is 0. The SMILES string of the molecule is CC1=CCON(C(N)=O)C1. The maximum absolute atomic E-state index is 10.5. The highest BCUT2D eigenvalue weighted by Crippen LogP contribution is 2.04. The minimum Gasteiger partial charge on any atom is -0.350 e. The summed E-state index contributed by atoms with van der Waals surface area (Å²) >= 11 is 0. The Hall–Kier alpha value is -1.03. The van der Waals surface area contributed by atoms with E-state index in [1.54, 1.807) is 0 Å². The minimum absolute atomic E-state index is 0.439. The molecule has 2 amide bonds. The topological polar surface area (TPSA) is 55.6 Å². The first-order chi connectivity index (χ1) is 4.70. The van der Waals surface area contributed by atoms with E-state index < -0.39 is 6.03 Å². The highest BCUT2D eigenvalue weighted by molar-refractivity contribution is 5.71. The van der Waals surface area contributed by atoms with Crippen LogP contribution in [0.5, 0.6) is 0 Å². The Kier molecular flexibility index (Phi) is 1.91. The lowest BCUT2D eigenvalue weighted by atomic mass is 10.3. The number of amides is 2. The number of nitrogens with zero attached hydrogens (tertiary/aromatic N) is 1. The second kappa shape index (κ2) is 2.70. The Morgan fingerprint density at radius 1 is 1.90 bits per heavy atom. The summed E-state index contributed by atoms with van der Waals surface area (Å²) < 4.78 is 0. The lowest BCUT2D eigenvalue weighted by molar-refractivity contribution is -0.103. The Morgan fingerprint density at radius 3 is 3.00 bits per heavy atom. The van der Waals surface area contributed by atoms with Gasteiger partial charge in [-0.25, -0.2) is 4.79 Å². The number of carbonyl (C=O) groups excluding carboxylic acids is 1. The number of urea groups is 1. The molecule has 0 saturated heterocycles. The zero-order valence-electron chi connectivity index (χ0n) is 5.83. The van der Waals surface area contributed by atoms with Gasteiger partial charge in [-0.1, -0.05) is 11.6 Å². The number of hydrogen-bond donors (Lipinski definition) is 1. The van der Waals surface area contributed by atoms with Crippen molar-refractivity contribution >= 4 is 6.03 Å². The summed E-state index contributed by atoms with van der Waals surface area (Å²) in [6.45, 7) is 2.85. The van der Waals surface area contributed by atoms with Gasteiger partial charge in [0, 0.05) is 0 Å². The van der Waals surface area contributed by atoms with Crippen LogP contribution >= 0.6 is 0 Å². The van der Waals surface area contributed by atoms with E-state index in [1.807, 2.05) is 13.0 Å². The second-order valence-electron chi connectivity index (χ2n) is 2.22. The molecule has 1 heterocycles. The van der Waals surface area contributed by atoms with Crippen LogP contribution in [0, 0.1) is 0 Å². The molecule has 10 heavy (non-hydrogen) atoms. The van der Waals surface area contributed by atoms with E-state index in [0.717, 1.165) is 10.6 Å². The minimum atomic E-state index is -0.535. The first-order valence-electron chi connectivity index (χ1n) is 3.05. The van der Waals surface area contributed by atoms with E-state index in [-0.39, 0.29) is 0 Å². The van der Waals surface area contributed by atoms with Crippen LogP contribution in [0.25, 0.3) is 0 Å². The molecule has 1 aliphatic rings. The summed E-state index contributed by atoms with van der Waals surface area (Å²) in [5.41, 5.74) is 6.07. The lowest BCUT2D eigenvalue weighted by Gasteiger charge is -2.22. The third-order valence-corrected chi connectivity index (χ3v) is 1.30. The van der Waals surface area contributed by atoms with Crippen molar-refractivity contribution in [2.24, 2.45) is 5.73 Å².